The van der Waals surface area contributed by atoms with E-state index in [1.807, 2.05) is 0 Å². The lowest BCUT2D eigenvalue weighted by Crippen LogP contribution is -2.24. The standard InChI is InChI=1S/C8H9ClN2O3S/c1-6(12)11(2)7-4-3-5-10-8(7)15(9,13)14/h3-5H,1-2H3. The third-order valence-electron chi connectivity index (χ3n) is 1.82. The van der Waals surface area contributed by atoms with Crippen LogP contribution in [0.4, 0.5) is 5.69 Å². The first-order chi connectivity index (χ1) is 6.84. The molecule has 82 valence electrons. The van der Waals surface area contributed by atoms with Crippen molar-refractivity contribution in [3.05, 3.63) is 18.3 Å². The third kappa shape index (κ3) is 2.66. The zero-order valence-electron chi connectivity index (χ0n) is 8.14. The number of aromatic nitrogens is 1. The van der Waals surface area contributed by atoms with E-state index < -0.39 is 9.05 Å². The summed E-state index contributed by atoms with van der Waals surface area (Å²) in [4.78, 5) is 15.9. The molecule has 0 bridgehead atoms. The van der Waals surface area contributed by atoms with E-state index in [0.717, 1.165) is 0 Å². The molecular weight excluding hydrogens is 240 g/mol. The number of carbonyl (C=O) groups is 1. The van der Waals surface area contributed by atoms with Crippen LogP contribution in [-0.4, -0.2) is 26.4 Å². The summed E-state index contributed by atoms with van der Waals surface area (Å²) in [6, 6.07) is 2.99. The van der Waals surface area contributed by atoms with Crippen molar-refractivity contribution in [1.82, 2.24) is 4.98 Å². The van der Waals surface area contributed by atoms with Crippen molar-refractivity contribution in [2.24, 2.45) is 0 Å². The van der Waals surface area contributed by atoms with E-state index in [2.05, 4.69) is 4.98 Å². The molecule has 0 fully saturated rings. The molecule has 1 aromatic heterocycles. The van der Waals surface area contributed by atoms with Gasteiger partial charge in [0.15, 0.2) is 5.03 Å². The smallest absolute Gasteiger partial charge is 0.280 e. The van der Waals surface area contributed by atoms with Crippen LogP contribution in [0.5, 0.6) is 0 Å². The second-order valence-electron chi connectivity index (χ2n) is 2.84. The maximum atomic E-state index is 11.1. The van der Waals surface area contributed by atoms with Crippen molar-refractivity contribution in [3.8, 4) is 0 Å². The van der Waals surface area contributed by atoms with Crippen LogP contribution in [0.2, 0.25) is 0 Å². The average molecular weight is 249 g/mol. The fourth-order valence-corrected chi connectivity index (χ4v) is 1.99. The molecule has 0 saturated heterocycles. The van der Waals surface area contributed by atoms with E-state index in [4.69, 9.17) is 10.7 Å². The van der Waals surface area contributed by atoms with Crippen LogP contribution < -0.4 is 4.90 Å². The van der Waals surface area contributed by atoms with Crippen molar-refractivity contribution >= 4 is 31.3 Å². The normalized spacial score (nSPS) is 11.1. The molecule has 0 N–H and O–H groups in total. The summed E-state index contributed by atoms with van der Waals surface area (Å²) in [5, 5.41) is -0.315. The molecule has 0 atom stereocenters. The molecule has 5 nitrogen and oxygen atoms in total. The number of nitrogens with zero attached hydrogens (tertiary/aromatic N) is 2. The Labute approximate surface area is 92.1 Å². The summed E-state index contributed by atoms with van der Waals surface area (Å²) in [7, 11) is 2.69. The Hall–Kier alpha value is -1.14. The van der Waals surface area contributed by atoms with E-state index in [-0.39, 0.29) is 16.6 Å². The highest BCUT2D eigenvalue weighted by Gasteiger charge is 2.20. The highest BCUT2D eigenvalue weighted by atomic mass is 35.7. The predicted octanol–water partition coefficient (Wildman–Crippen LogP) is 0.992. The topological polar surface area (TPSA) is 67.3 Å². The second kappa shape index (κ2) is 4.16. The van der Waals surface area contributed by atoms with Gasteiger partial charge in [-0.05, 0) is 12.1 Å². The van der Waals surface area contributed by atoms with Gasteiger partial charge < -0.3 is 4.90 Å². The minimum atomic E-state index is -3.94. The molecule has 0 unspecified atom stereocenters. The van der Waals surface area contributed by atoms with Crippen molar-refractivity contribution in [2.45, 2.75) is 11.9 Å². The van der Waals surface area contributed by atoms with E-state index in [1.165, 1.54) is 37.2 Å². The molecule has 0 spiro atoms. The molecule has 15 heavy (non-hydrogen) atoms. The van der Waals surface area contributed by atoms with E-state index >= 15 is 0 Å². The highest BCUT2D eigenvalue weighted by Crippen LogP contribution is 2.24. The summed E-state index contributed by atoms with van der Waals surface area (Å²) in [6.07, 6.45) is 1.30. The zero-order chi connectivity index (χ0) is 11.6. The highest BCUT2D eigenvalue weighted by molar-refractivity contribution is 8.13. The number of rotatable bonds is 2. The maximum absolute atomic E-state index is 11.1. The van der Waals surface area contributed by atoms with Crippen LogP contribution in [0.1, 0.15) is 6.92 Å². The Morgan fingerprint density at radius 3 is 2.60 bits per heavy atom. The second-order valence-corrected chi connectivity index (χ2v) is 5.32. The SMILES string of the molecule is CC(=O)N(C)c1cccnc1S(=O)(=O)Cl. The Kier molecular flexibility index (Phi) is 3.31. The van der Waals surface area contributed by atoms with Gasteiger partial charge >= 0.3 is 0 Å². The third-order valence-corrected chi connectivity index (χ3v) is 3.03. The summed E-state index contributed by atoms with van der Waals surface area (Å²) >= 11 is 0. The molecule has 1 amide bonds. The number of hydrogen-bond acceptors (Lipinski definition) is 4. The van der Waals surface area contributed by atoms with Crippen molar-refractivity contribution < 1.29 is 13.2 Å². The van der Waals surface area contributed by atoms with Gasteiger partial charge in [-0.3, -0.25) is 4.79 Å². The Morgan fingerprint density at radius 2 is 2.13 bits per heavy atom. The van der Waals surface area contributed by atoms with Gasteiger partial charge in [-0.2, -0.15) is 0 Å². The Balaban J connectivity index is 3.37. The number of pyridine rings is 1. The molecule has 0 aliphatic heterocycles. The molecule has 0 radical (unpaired) electrons. The van der Waals surface area contributed by atoms with Gasteiger partial charge in [-0.1, -0.05) is 0 Å². The van der Waals surface area contributed by atoms with Gasteiger partial charge in [0, 0.05) is 30.9 Å². The first-order valence-corrected chi connectivity index (χ1v) is 6.29. The molecule has 7 heteroatoms. The first kappa shape index (κ1) is 11.9. The van der Waals surface area contributed by atoms with E-state index in [9.17, 15) is 13.2 Å². The van der Waals surface area contributed by atoms with Gasteiger partial charge in [0.05, 0.1) is 5.69 Å². The van der Waals surface area contributed by atoms with Crippen molar-refractivity contribution in [1.29, 1.82) is 0 Å². The lowest BCUT2D eigenvalue weighted by Gasteiger charge is -2.16. The summed E-state index contributed by atoms with van der Waals surface area (Å²) in [6.45, 7) is 1.32. The number of halogens is 1. The van der Waals surface area contributed by atoms with Gasteiger partial charge in [0.1, 0.15) is 0 Å². The molecular formula is C8H9ClN2O3S. The minimum Gasteiger partial charge on any atom is -0.313 e. The molecule has 0 saturated carbocycles. The average Bonchev–Trinajstić information content (AvgIpc) is 2.15. The predicted molar refractivity (Wildman–Crippen MR) is 56.4 cm³/mol. The van der Waals surface area contributed by atoms with Crippen LogP contribution in [0, 0.1) is 0 Å². The lowest BCUT2D eigenvalue weighted by molar-refractivity contribution is -0.116. The number of hydrogen-bond donors (Lipinski definition) is 0. The summed E-state index contributed by atoms with van der Waals surface area (Å²) in [5.74, 6) is -0.301. The molecule has 1 aromatic rings. The van der Waals surface area contributed by atoms with Gasteiger partial charge in [-0.25, -0.2) is 13.4 Å². The van der Waals surface area contributed by atoms with Crippen molar-refractivity contribution in [2.75, 3.05) is 11.9 Å². The van der Waals surface area contributed by atoms with Gasteiger partial charge in [0.2, 0.25) is 5.91 Å². The molecule has 0 aliphatic carbocycles. The van der Waals surface area contributed by atoms with Crippen molar-refractivity contribution in [3.63, 3.8) is 0 Å². The summed E-state index contributed by atoms with van der Waals surface area (Å²) < 4.78 is 22.3. The number of anilines is 1. The monoisotopic (exact) mass is 248 g/mol. The van der Waals surface area contributed by atoms with Gasteiger partial charge in [0.25, 0.3) is 9.05 Å². The van der Waals surface area contributed by atoms with Crippen LogP contribution in [0.3, 0.4) is 0 Å². The molecule has 0 aliphatic rings. The quantitative estimate of drug-likeness (QED) is 0.732. The number of carbonyl (C=O) groups excluding carboxylic acids is 1. The zero-order valence-corrected chi connectivity index (χ0v) is 9.71. The lowest BCUT2D eigenvalue weighted by atomic mass is 10.4. The largest absolute Gasteiger partial charge is 0.313 e. The minimum absolute atomic E-state index is 0.167. The van der Waals surface area contributed by atoms with Crippen LogP contribution in [0.15, 0.2) is 23.4 Å². The molecule has 1 heterocycles. The fourth-order valence-electron chi connectivity index (χ4n) is 0.995. The maximum Gasteiger partial charge on any atom is 0.280 e. The van der Waals surface area contributed by atoms with E-state index in [1.54, 1.807) is 0 Å². The fraction of sp³-hybridized carbons (Fsp3) is 0.250. The molecule has 1 rings (SSSR count). The Morgan fingerprint density at radius 1 is 1.53 bits per heavy atom. The van der Waals surface area contributed by atoms with Crippen LogP contribution in [-0.2, 0) is 13.8 Å². The van der Waals surface area contributed by atoms with Gasteiger partial charge in [-0.15, -0.1) is 0 Å². The first-order valence-electron chi connectivity index (χ1n) is 3.98. The number of amides is 1. The Bertz CT molecular complexity index is 486. The van der Waals surface area contributed by atoms with Crippen LogP contribution >= 0.6 is 10.7 Å². The molecule has 0 aromatic carbocycles. The van der Waals surface area contributed by atoms with E-state index in [0.29, 0.717) is 0 Å². The van der Waals surface area contributed by atoms with Crippen LogP contribution in [0.25, 0.3) is 0 Å². The summed E-state index contributed by atoms with van der Waals surface area (Å²) in [5.41, 5.74) is 0.167.